The Hall–Kier alpha value is -2.09. The molecule has 1 aliphatic rings. The summed E-state index contributed by atoms with van der Waals surface area (Å²) >= 11 is 5.93. The van der Waals surface area contributed by atoms with Crippen LogP contribution in [-0.2, 0) is 14.8 Å². The first-order valence-electron chi connectivity index (χ1n) is 9.93. The van der Waals surface area contributed by atoms with Gasteiger partial charge in [0, 0.05) is 18.1 Å². The lowest BCUT2D eigenvalue weighted by Gasteiger charge is -2.32. The van der Waals surface area contributed by atoms with Gasteiger partial charge in [-0.3, -0.25) is 4.79 Å². The first kappa shape index (κ1) is 22.6. The summed E-state index contributed by atoms with van der Waals surface area (Å²) < 4.78 is 33.2. The van der Waals surface area contributed by atoms with Crippen LogP contribution in [0, 0.1) is 12.8 Å². The number of hydrogen-bond acceptors (Lipinski definition) is 4. The van der Waals surface area contributed by atoms with E-state index in [1.807, 2.05) is 32.0 Å². The highest BCUT2D eigenvalue weighted by atomic mass is 35.5. The van der Waals surface area contributed by atoms with Gasteiger partial charge >= 0.3 is 0 Å². The summed E-state index contributed by atoms with van der Waals surface area (Å²) in [7, 11) is -2.31. The lowest BCUT2D eigenvalue weighted by molar-refractivity contribution is -0.126. The number of hydrogen-bond donors (Lipinski definition) is 1. The van der Waals surface area contributed by atoms with Crippen LogP contribution in [0.5, 0.6) is 5.75 Å². The zero-order valence-corrected chi connectivity index (χ0v) is 19.0. The van der Waals surface area contributed by atoms with E-state index in [0.717, 1.165) is 11.1 Å². The van der Waals surface area contributed by atoms with Crippen LogP contribution >= 0.6 is 11.6 Å². The van der Waals surface area contributed by atoms with Gasteiger partial charge in [0.1, 0.15) is 10.6 Å². The van der Waals surface area contributed by atoms with Crippen LogP contribution in [0.3, 0.4) is 0 Å². The molecular weight excluding hydrogens is 424 g/mol. The Morgan fingerprint density at radius 3 is 2.60 bits per heavy atom. The van der Waals surface area contributed by atoms with Gasteiger partial charge in [-0.25, -0.2) is 8.42 Å². The van der Waals surface area contributed by atoms with Gasteiger partial charge in [-0.15, -0.1) is 0 Å². The van der Waals surface area contributed by atoms with Crippen molar-refractivity contribution in [2.75, 3.05) is 20.2 Å². The molecule has 0 aliphatic carbocycles. The van der Waals surface area contributed by atoms with Crippen molar-refractivity contribution in [1.29, 1.82) is 0 Å². The largest absolute Gasteiger partial charge is 0.495 e. The Labute approximate surface area is 183 Å². The van der Waals surface area contributed by atoms with Crippen molar-refractivity contribution in [3.63, 3.8) is 0 Å². The Morgan fingerprint density at radius 1 is 1.23 bits per heavy atom. The minimum Gasteiger partial charge on any atom is -0.495 e. The smallest absolute Gasteiger partial charge is 0.246 e. The maximum absolute atomic E-state index is 13.3. The van der Waals surface area contributed by atoms with Crippen molar-refractivity contribution in [2.24, 2.45) is 5.92 Å². The van der Waals surface area contributed by atoms with Gasteiger partial charge in [0.05, 0.1) is 19.1 Å². The number of benzene rings is 2. The molecule has 1 heterocycles. The standard InChI is InChI=1S/C22H27ClN2O4S/c1-15-6-11-20(29-3)21(13-15)30(27,28)25-12-4-5-18(14-25)22(26)24-16(2)17-7-9-19(23)10-8-17/h6-11,13,16,18H,4-5,12,14H2,1-3H3,(H,24,26). The molecule has 0 saturated carbocycles. The molecule has 30 heavy (non-hydrogen) atoms. The SMILES string of the molecule is COc1ccc(C)cc1S(=O)(=O)N1CCCC(C(=O)NC(C)c2ccc(Cl)cc2)C1. The molecule has 0 spiro atoms. The maximum Gasteiger partial charge on any atom is 0.246 e. The number of piperidine rings is 1. The summed E-state index contributed by atoms with van der Waals surface area (Å²) in [4.78, 5) is 13.0. The fourth-order valence-electron chi connectivity index (χ4n) is 3.67. The second kappa shape index (κ2) is 9.37. The van der Waals surface area contributed by atoms with Crippen LogP contribution in [0.25, 0.3) is 0 Å². The number of sulfonamides is 1. The number of carbonyl (C=O) groups is 1. The molecule has 1 fully saturated rings. The van der Waals surface area contributed by atoms with Crippen LogP contribution in [0.1, 0.15) is 36.9 Å². The van der Waals surface area contributed by atoms with Crippen LogP contribution < -0.4 is 10.1 Å². The van der Waals surface area contributed by atoms with E-state index in [1.54, 1.807) is 24.3 Å². The van der Waals surface area contributed by atoms with Crippen molar-refractivity contribution in [2.45, 2.75) is 37.6 Å². The fraction of sp³-hybridized carbons (Fsp3) is 0.409. The van der Waals surface area contributed by atoms with E-state index in [1.165, 1.54) is 11.4 Å². The van der Waals surface area contributed by atoms with E-state index in [0.29, 0.717) is 30.2 Å². The Bertz CT molecular complexity index is 1010. The predicted octanol–water partition coefficient (Wildman–Crippen LogP) is 3.94. The second-order valence-electron chi connectivity index (χ2n) is 7.64. The molecule has 0 bridgehead atoms. The summed E-state index contributed by atoms with van der Waals surface area (Å²) in [6.07, 6.45) is 1.27. The van der Waals surface area contributed by atoms with E-state index in [2.05, 4.69) is 5.32 Å². The molecular formula is C22H27ClN2O4S. The third-order valence-corrected chi connectivity index (χ3v) is 7.56. The summed E-state index contributed by atoms with van der Waals surface area (Å²) in [5, 5.41) is 3.64. The minimum absolute atomic E-state index is 0.139. The highest BCUT2D eigenvalue weighted by Crippen LogP contribution is 2.31. The lowest BCUT2D eigenvalue weighted by atomic mass is 9.98. The molecule has 0 aromatic heterocycles. The van der Waals surface area contributed by atoms with Crippen molar-refractivity contribution in [1.82, 2.24) is 9.62 Å². The molecule has 1 saturated heterocycles. The normalized spacial score (nSPS) is 18.6. The van der Waals surface area contributed by atoms with Crippen molar-refractivity contribution in [3.8, 4) is 5.75 Å². The van der Waals surface area contributed by atoms with Crippen molar-refractivity contribution >= 4 is 27.5 Å². The highest BCUT2D eigenvalue weighted by molar-refractivity contribution is 7.89. The number of nitrogens with zero attached hydrogens (tertiary/aromatic N) is 1. The quantitative estimate of drug-likeness (QED) is 0.723. The van der Waals surface area contributed by atoms with Crippen molar-refractivity contribution < 1.29 is 17.9 Å². The minimum atomic E-state index is -3.77. The molecule has 162 valence electrons. The van der Waals surface area contributed by atoms with Gasteiger partial charge in [0.15, 0.2) is 0 Å². The van der Waals surface area contributed by atoms with Crippen LogP contribution in [0.4, 0.5) is 0 Å². The Balaban J connectivity index is 1.73. The first-order chi connectivity index (χ1) is 14.2. The van der Waals surface area contributed by atoms with Gasteiger partial charge in [-0.1, -0.05) is 29.8 Å². The number of carbonyl (C=O) groups excluding carboxylic acids is 1. The number of ether oxygens (including phenoxy) is 1. The van der Waals surface area contributed by atoms with Gasteiger partial charge < -0.3 is 10.1 Å². The monoisotopic (exact) mass is 450 g/mol. The lowest BCUT2D eigenvalue weighted by Crippen LogP contribution is -2.45. The summed E-state index contributed by atoms with van der Waals surface area (Å²) in [6.45, 7) is 4.27. The average molecular weight is 451 g/mol. The fourth-order valence-corrected chi connectivity index (χ4v) is 5.56. The summed E-state index contributed by atoms with van der Waals surface area (Å²) in [6, 6.07) is 12.2. The summed E-state index contributed by atoms with van der Waals surface area (Å²) in [5.41, 5.74) is 1.77. The number of aryl methyl sites for hydroxylation is 1. The molecule has 3 rings (SSSR count). The number of amides is 1. The molecule has 2 atom stereocenters. The topological polar surface area (TPSA) is 75.7 Å². The molecule has 1 amide bonds. The Morgan fingerprint density at radius 2 is 1.93 bits per heavy atom. The molecule has 6 nitrogen and oxygen atoms in total. The summed E-state index contributed by atoms with van der Waals surface area (Å²) in [5.74, 6) is -0.240. The third kappa shape index (κ3) is 4.96. The van der Waals surface area contributed by atoms with Gasteiger partial charge in [0.25, 0.3) is 0 Å². The first-order valence-corrected chi connectivity index (χ1v) is 11.7. The second-order valence-corrected chi connectivity index (χ2v) is 9.98. The number of halogens is 1. The third-order valence-electron chi connectivity index (χ3n) is 5.42. The van der Waals surface area contributed by atoms with E-state index < -0.39 is 15.9 Å². The number of nitrogens with one attached hydrogen (secondary N) is 1. The highest BCUT2D eigenvalue weighted by Gasteiger charge is 2.35. The number of rotatable bonds is 6. The van der Waals surface area contributed by atoms with Crippen LogP contribution in [0.15, 0.2) is 47.4 Å². The van der Waals surface area contributed by atoms with Gasteiger partial charge in [0.2, 0.25) is 15.9 Å². The van der Waals surface area contributed by atoms with Crippen molar-refractivity contribution in [3.05, 3.63) is 58.6 Å². The molecule has 1 aliphatic heterocycles. The average Bonchev–Trinajstić information content (AvgIpc) is 2.74. The van der Waals surface area contributed by atoms with Crippen LogP contribution in [-0.4, -0.2) is 38.8 Å². The van der Waals surface area contributed by atoms with E-state index in [-0.39, 0.29) is 23.4 Å². The van der Waals surface area contributed by atoms with E-state index in [4.69, 9.17) is 16.3 Å². The molecule has 2 aromatic rings. The van der Waals surface area contributed by atoms with Gasteiger partial charge in [-0.05, 0) is 62.1 Å². The zero-order chi connectivity index (χ0) is 21.9. The van der Waals surface area contributed by atoms with Gasteiger partial charge in [-0.2, -0.15) is 4.31 Å². The molecule has 2 unspecified atom stereocenters. The maximum atomic E-state index is 13.3. The molecule has 8 heteroatoms. The van der Waals surface area contributed by atoms with E-state index >= 15 is 0 Å². The molecule has 1 N–H and O–H groups in total. The number of methoxy groups -OCH3 is 1. The zero-order valence-electron chi connectivity index (χ0n) is 17.4. The Kier molecular flexibility index (Phi) is 7.06. The molecule has 0 radical (unpaired) electrons. The van der Waals surface area contributed by atoms with Crippen LogP contribution in [0.2, 0.25) is 5.02 Å². The molecule has 2 aromatic carbocycles. The predicted molar refractivity (Wildman–Crippen MR) is 117 cm³/mol. The van der Waals surface area contributed by atoms with E-state index in [9.17, 15) is 13.2 Å².